The van der Waals surface area contributed by atoms with Crippen molar-refractivity contribution in [3.8, 4) is 0 Å². The van der Waals surface area contributed by atoms with Crippen molar-refractivity contribution in [2.45, 2.75) is 45.5 Å². The summed E-state index contributed by atoms with van der Waals surface area (Å²) in [5.74, 6) is 0.0438. The van der Waals surface area contributed by atoms with E-state index in [4.69, 9.17) is 4.74 Å². The number of hydrogen-bond acceptors (Lipinski definition) is 4. The van der Waals surface area contributed by atoms with Crippen molar-refractivity contribution in [1.29, 1.82) is 0 Å². The van der Waals surface area contributed by atoms with Crippen LogP contribution in [0, 0.1) is 11.8 Å². The molecule has 2 N–H and O–H groups in total. The molecule has 5 heteroatoms. The fourth-order valence-corrected chi connectivity index (χ4v) is 2.85. The highest BCUT2D eigenvalue weighted by atomic mass is 16.5. The molecule has 1 aliphatic heterocycles. The molecule has 1 amide bonds. The van der Waals surface area contributed by atoms with Gasteiger partial charge in [-0.05, 0) is 40.8 Å². The molecule has 1 fully saturated rings. The van der Waals surface area contributed by atoms with Gasteiger partial charge < -0.3 is 20.1 Å². The summed E-state index contributed by atoms with van der Waals surface area (Å²) in [7, 11) is 3.79. The van der Waals surface area contributed by atoms with Gasteiger partial charge in [-0.25, -0.2) is 0 Å². The fraction of sp³-hybridized carbons (Fsp3) is 0.929. The van der Waals surface area contributed by atoms with Gasteiger partial charge in [-0.2, -0.15) is 0 Å². The van der Waals surface area contributed by atoms with E-state index in [-0.39, 0.29) is 36.5 Å². The first-order chi connectivity index (χ1) is 8.64. The molecule has 0 spiro atoms. The van der Waals surface area contributed by atoms with Crippen LogP contribution in [0.4, 0.5) is 0 Å². The van der Waals surface area contributed by atoms with E-state index in [9.17, 15) is 9.90 Å². The van der Waals surface area contributed by atoms with Gasteiger partial charge in [0.25, 0.3) is 0 Å². The lowest BCUT2D eigenvalue weighted by Gasteiger charge is -2.28. The van der Waals surface area contributed by atoms with Crippen LogP contribution in [0.3, 0.4) is 0 Å². The summed E-state index contributed by atoms with van der Waals surface area (Å²) >= 11 is 0. The Morgan fingerprint density at radius 1 is 1.32 bits per heavy atom. The van der Waals surface area contributed by atoms with Crippen LogP contribution >= 0.6 is 0 Å². The van der Waals surface area contributed by atoms with Crippen LogP contribution in [0.1, 0.15) is 27.7 Å². The van der Waals surface area contributed by atoms with Crippen LogP contribution in [-0.2, 0) is 9.53 Å². The summed E-state index contributed by atoms with van der Waals surface area (Å²) in [6.45, 7) is 8.47. The molecule has 0 aromatic heterocycles. The third-order valence-electron chi connectivity index (χ3n) is 3.84. The summed E-state index contributed by atoms with van der Waals surface area (Å²) in [4.78, 5) is 14.1. The number of ether oxygens (including phenoxy) is 1. The zero-order valence-electron chi connectivity index (χ0n) is 12.9. The highest BCUT2D eigenvalue weighted by Gasteiger charge is 2.41. The Morgan fingerprint density at radius 3 is 2.32 bits per heavy atom. The van der Waals surface area contributed by atoms with Crippen LogP contribution in [0.15, 0.2) is 0 Å². The number of nitrogens with zero attached hydrogens (tertiary/aromatic N) is 1. The van der Waals surface area contributed by atoms with Crippen molar-refractivity contribution in [3.05, 3.63) is 0 Å². The van der Waals surface area contributed by atoms with Gasteiger partial charge in [0, 0.05) is 13.1 Å². The van der Waals surface area contributed by atoms with Gasteiger partial charge in [0.1, 0.15) is 0 Å². The van der Waals surface area contributed by atoms with E-state index in [1.807, 2.05) is 39.8 Å². The second-order valence-corrected chi connectivity index (χ2v) is 6.38. The third kappa shape index (κ3) is 4.44. The number of carbonyl (C=O) groups excluding carboxylic acids is 1. The zero-order chi connectivity index (χ0) is 14.8. The minimum atomic E-state index is -0.920. The predicted octanol–water partition coefficient (Wildman–Crippen LogP) is 0.475. The van der Waals surface area contributed by atoms with Crippen molar-refractivity contribution < 1.29 is 14.6 Å². The SMILES string of the molecule is CC1OC(C)C(C(=O)NCC(C)(O)CN(C)C)C1C. The van der Waals surface area contributed by atoms with Gasteiger partial charge in [0.05, 0.1) is 23.7 Å². The summed E-state index contributed by atoms with van der Waals surface area (Å²) in [5.41, 5.74) is -0.920. The number of hydrogen-bond donors (Lipinski definition) is 2. The molecule has 112 valence electrons. The Hall–Kier alpha value is -0.650. The lowest BCUT2D eigenvalue weighted by Crippen LogP contribution is -2.49. The molecule has 0 radical (unpaired) electrons. The number of carbonyl (C=O) groups is 1. The maximum atomic E-state index is 12.2. The molecule has 1 saturated heterocycles. The highest BCUT2D eigenvalue weighted by Crippen LogP contribution is 2.32. The van der Waals surface area contributed by atoms with Crippen molar-refractivity contribution in [1.82, 2.24) is 10.2 Å². The van der Waals surface area contributed by atoms with E-state index in [0.29, 0.717) is 6.54 Å². The standard InChI is InChI=1S/C14H28N2O3/c1-9-10(2)19-11(3)12(9)13(17)15-7-14(4,18)8-16(5)6/h9-12,18H,7-8H2,1-6H3,(H,15,17). The third-order valence-corrected chi connectivity index (χ3v) is 3.84. The Kier molecular flexibility index (Phi) is 5.35. The lowest BCUT2D eigenvalue weighted by molar-refractivity contribution is -0.128. The molecule has 0 aromatic rings. The van der Waals surface area contributed by atoms with Gasteiger partial charge in [-0.3, -0.25) is 4.79 Å². The maximum absolute atomic E-state index is 12.2. The van der Waals surface area contributed by atoms with E-state index >= 15 is 0 Å². The Labute approximate surface area is 116 Å². The first-order valence-corrected chi connectivity index (χ1v) is 6.94. The lowest BCUT2D eigenvalue weighted by atomic mass is 9.88. The molecule has 0 bridgehead atoms. The van der Waals surface area contributed by atoms with E-state index in [0.717, 1.165) is 0 Å². The van der Waals surface area contributed by atoms with E-state index in [2.05, 4.69) is 5.32 Å². The second-order valence-electron chi connectivity index (χ2n) is 6.38. The summed E-state index contributed by atoms with van der Waals surface area (Å²) < 4.78 is 5.67. The minimum absolute atomic E-state index is 0.0246. The molecule has 5 nitrogen and oxygen atoms in total. The van der Waals surface area contributed by atoms with Crippen LogP contribution in [0.5, 0.6) is 0 Å². The molecule has 1 heterocycles. The average Bonchev–Trinajstić information content (AvgIpc) is 2.48. The number of nitrogens with one attached hydrogen (secondary N) is 1. The fourth-order valence-electron chi connectivity index (χ4n) is 2.85. The Morgan fingerprint density at radius 2 is 1.89 bits per heavy atom. The molecule has 0 aromatic carbocycles. The smallest absolute Gasteiger partial charge is 0.226 e. The average molecular weight is 272 g/mol. The quantitative estimate of drug-likeness (QED) is 0.764. The Balaban J connectivity index is 2.52. The largest absolute Gasteiger partial charge is 0.387 e. The van der Waals surface area contributed by atoms with Gasteiger partial charge >= 0.3 is 0 Å². The van der Waals surface area contributed by atoms with Crippen LogP contribution < -0.4 is 5.32 Å². The maximum Gasteiger partial charge on any atom is 0.226 e. The van der Waals surface area contributed by atoms with Crippen molar-refractivity contribution in [3.63, 3.8) is 0 Å². The van der Waals surface area contributed by atoms with Crippen molar-refractivity contribution >= 4 is 5.91 Å². The minimum Gasteiger partial charge on any atom is -0.387 e. The molecule has 5 unspecified atom stereocenters. The van der Waals surface area contributed by atoms with E-state index in [1.165, 1.54) is 0 Å². The van der Waals surface area contributed by atoms with Crippen LogP contribution in [0.25, 0.3) is 0 Å². The molecule has 1 rings (SSSR count). The molecular formula is C14H28N2O3. The number of aliphatic hydroxyl groups is 1. The van der Waals surface area contributed by atoms with E-state index < -0.39 is 5.60 Å². The first kappa shape index (κ1) is 16.4. The molecule has 0 aliphatic carbocycles. The molecule has 0 saturated carbocycles. The summed E-state index contributed by atoms with van der Waals surface area (Å²) in [5, 5.41) is 13.0. The van der Waals surface area contributed by atoms with Crippen molar-refractivity contribution in [2.75, 3.05) is 27.2 Å². The molecule has 19 heavy (non-hydrogen) atoms. The van der Waals surface area contributed by atoms with Gasteiger partial charge in [-0.15, -0.1) is 0 Å². The van der Waals surface area contributed by atoms with Gasteiger partial charge in [0.15, 0.2) is 0 Å². The summed E-state index contributed by atoms with van der Waals surface area (Å²) in [6, 6.07) is 0. The number of amides is 1. The predicted molar refractivity (Wildman–Crippen MR) is 74.9 cm³/mol. The first-order valence-electron chi connectivity index (χ1n) is 6.94. The molecule has 1 aliphatic rings. The van der Waals surface area contributed by atoms with Gasteiger partial charge in [0.2, 0.25) is 5.91 Å². The van der Waals surface area contributed by atoms with E-state index in [1.54, 1.807) is 6.92 Å². The normalized spacial score (nSPS) is 34.3. The van der Waals surface area contributed by atoms with Crippen molar-refractivity contribution in [2.24, 2.45) is 11.8 Å². The van der Waals surface area contributed by atoms with Crippen LogP contribution in [0.2, 0.25) is 0 Å². The zero-order valence-corrected chi connectivity index (χ0v) is 12.9. The topological polar surface area (TPSA) is 61.8 Å². The summed E-state index contributed by atoms with van der Waals surface area (Å²) in [6.07, 6.45) is 0.0387. The van der Waals surface area contributed by atoms with Gasteiger partial charge in [-0.1, -0.05) is 6.92 Å². The number of likely N-dealkylation sites (N-methyl/N-ethyl adjacent to an activating group) is 1. The molecular weight excluding hydrogens is 244 g/mol. The Bertz CT molecular complexity index is 318. The monoisotopic (exact) mass is 272 g/mol. The molecule has 5 atom stereocenters. The highest BCUT2D eigenvalue weighted by molar-refractivity contribution is 5.80. The second kappa shape index (κ2) is 6.20. The number of rotatable bonds is 5. The van der Waals surface area contributed by atoms with Crippen LogP contribution in [-0.4, -0.2) is 60.9 Å².